The Balaban J connectivity index is 1.24. The van der Waals surface area contributed by atoms with Gasteiger partial charge in [0.2, 0.25) is 0 Å². The summed E-state index contributed by atoms with van der Waals surface area (Å²) in [7, 11) is 1.73. The number of anilines is 1. The van der Waals surface area contributed by atoms with E-state index in [1.165, 1.54) is 11.6 Å². The minimum absolute atomic E-state index is 0.0474. The van der Waals surface area contributed by atoms with Crippen LogP contribution in [0.2, 0.25) is 0 Å². The number of aromatic nitrogens is 3. The Morgan fingerprint density at radius 2 is 1.96 bits per heavy atom. The number of halogens is 2. The van der Waals surface area contributed by atoms with Gasteiger partial charge in [-0.05, 0) is 43.6 Å². The Kier molecular flexibility index (Phi) is 7.16. The second kappa shape index (κ2) is 11.3. The number of ether oxygens (including phenoxy) is 2. The number of rotatable bonds is 7. The maximum Gasteiger partial charge on any atom is 0.319 e. The van der Waals surface area contributed by atoms with Crippen LogP contribution in [0.4, 0.5) is 14.6 Å². The molecule has 2 aromatic heterocycles. The van der Waals surface area contributed by atoms with Crippen molar-refractivity contribution < 1.29 is 18.3 Å². The minimum Gasteiger partial charge on any atom is -0.461 e. The van der Waals surface area contributed by atoms with Gasteiger partial charge in [0.15, 0.2) is 5.82 Å². The van der Waals surface area contributed by atoms with Crippen LogP contribution in [0.25, 0.3) is 32.9 Å². The third-order valence-electron chi connectivity index (χ3n) is 10.3. The van der Waals surface area contributed by atoms with Crippen LogP contribution < -0.4 is 15.0 Å². The predicted octanol–water partition coefficient (Wildman–Crippen LogP) is 5.23. The first-order valence-corrected chi connectivity index (χ1v) is 16.0. The number of benzene rings is 2. The summed E-state index contributed by atoms with van der Waals surface area (Å²) in [5.41, 5.74) is 1.57. The van der Waals surface area contributed by atoms with Crippen LogP contribution in [0.5, 0.6) is 6.01 Å². The lowest BCUT2D eigenvalue weighted by Gasteiger charge is -2.35. The molecule has 6 heterocycles. The Bertz CT molecular complexity index is 1910. The summed E-state index contributed by atoms with van der Waals surface area (Å²) in [5, 5.41) is 5.30. The van der Waals surface area contributed by atoms with Crippen LogP contribution in [-0.4, -0.2) is 83.5 Å². The monoisotopic (exact) mass is 622 g/mol. The summed E-state index contributed by atoms with van der Waals surface area (Å²) in [6.45, 7) is 7.59. The Morgan fingerprint density at radius 3 is 2.74 bits per heavy atom. The molecule has 46 heavy (non-hydrogen) atoms. The highest BCUT2D eigenvalue weighted by Gasteiger charge is 2.51. The van der Waals surface area contributed by atoms with Crippen molar-refractivity contribution in [2.75, 3.05) is 44.9 Å². The molecule has 2 bridgehead atoms. The zero-order valence-electron chi connectivity index (χ0n) is 25.9. The van der Waals surface area contributed by atoms with Crippen molar-refractivity contribution >= 4 is 27.5 Å². The van der Waals surface area contributed by atoms with Gasteiger partial charge in [0.1, 0.15) is 29.5 Å². The number of hydrogen-bond donors (Lipinski definition) is 1. The average molecular weight is 623 g/mol. The number of nitrogens with one attached hydrogen (secondary N) is 1. The fraction of sp³-hybridized carbons (Fsp3) is 0.417. The first-order chi connectivity index (χ1) is 22.4. The van der Waals surface area contributed by atoms with Gasteiger partial charge in [0.05, 0.1) is 23.1 Å². The molecule has 2 aromatic carbocycles. The van der Waals surface area contributed by atoms with E-state index in [4.69, 9.17) is 20.9 Å². The molecule has 4 aliphatic rings. The highest BCUT2D eigenvalue weighted by Crippen LogP contribution is 2.45. The van der Waals surface area contributed by atoms with Gasteiger partial charge in [0, 0.05) is 62.0 Å². The molecule has 8 rings (SSSR count). The van der Waals surface area contributed by atoms with E-state index < -0.39 is 11.6 Å². The lowest BCUT2D eigenvalue weighted by atomic mass is 9.94. The maximum atomic E-state index is 16.8. The molecule has 4 aliphatic heterocycles. The van der Waals surface area contributed by atoms with Crippen molar-refractivity contribution in [3.63, 3.8) is 0 Å². The molecule has 1 N–H and O–H groups in total. The summed E-state index contributed by atoms with van der Waals surface area (Å²) in [6, 6.07) is 9.39. The second-order valence-electron chi connectivity index (χ2n) is 13.2. The first kappa shape index (κ1) is 29.2. The zero-order valence-corrected chi connectivity index (χ0v) is 25.9. The van der Waals surface area contributed by atoms with Crippen LogP contribution in [-0.2, 0) is 4.74 Å². The number of terminal acetylenes is 1. The Morgan fingerprint density at radius 1 is 1.13 bits per heavy atom. The summed E-state index contributed by atoms with van der Waals surface area (Å²) >= 11 is 0. The van der Waals surface area contributed by atoms with Gasteiger partial charge < -0.3 is 19.7 Å². The molecule has 236 valence electrons. The fourth-order valence-corrected chi connectivity index (χ4v) is 8.32. The molecule has 4 saturated heterocycles. The summed E-state index contributed by atoms with van der Waals surface area (Å²) in [5.74, 6) is 1.90. The first-order valence-electron chi connectivity index (χ1n) is 16.0. The molecular weight excluding hydrogens is 586 g/mol. The number of hydrogen-bond acceptors (Lipinski definition) is 8. The van der Waals surface area contributed by atoms with Crippen LogP contribution in [0.15, 0.2) is 48.7 Å². The maximum absolute atomic E-state index is 16.8. The van der Waals surface area contributed by atoms with E-state index in [-0.39, 0.29) is 28.3 Å². The molecule has 10 heteroatoms. The molecule has 4 fully saturated rings. The topological polar surface area (TPSA) is 75.6 Å². The van der Waals surface area contributed by atoms with Gasteiger partial charge in [-0.1, -0.05) is 42.3 Å². The number of pyridine rings is 1. The van der Waals surface area contributed by atoms with Gasteiger partial charge in [0.25, 0.3) is 0 Å². The SMILES string of the molecule is C#Cc1c(F)ccc2cccc(-c3ncc4c(N5CC6CCC(C5)N6)nc(OCC56CCC(COC)N5CC(=C)C6)nc4c3F)c12. The molecule has 0 spiro atoms. The number of fused-ring (bicyclic) bond motifs is 5. The molecule has 4 aromatic rings. The number of methoxy groups -OCH3 is 1. The standard InChI is InChI=1S/C36H36F2N6O2/c1-4-26-29(37)11-8-22-6-5-7-27(30(22)26)32-31(38)33-28(15-39-32)34(43-17-23-9-10-24(18-43)40-23)42-35(41-33)46-20-36-13-12-25(19-45-3)44(36)16-21(2)14-36/h1,5-8,11,15,23-25,40H,2,9-10,12-14,16-20H2,3H3. The number of piperazine rings is 1. The molecule has 4 unspecified atom stereocenters. The van der Waals surface area contributed by atoms with Crippen LogP contribution >= 0.6 is 0 Å². The fourth-order valence-electron chi connectivity index (χ4n) is 8.32. The molecule has 8 nitrogen and oxygen atoms in total. The largest absolute Gasteiger partial charge is 0.461 e. The lowest BCUT2D eigenvalue weighted by Crippen LogP contribution is -2.51. The molecule has 0 aliphatic carbocycles. The van der Waals surface area contributed by atoms with Crippen molar-refractivity contribution in [2.45, 2.75) is 55.8 Å². The van der Waals surface area contributed by atoms with E-state index in [0.29, 0.717) is 58.9 Å². The van der Waals surface area contributed by atoms with Crippen LogP contribution in [0, 0.1) is 24.0 Å². The van der Waals surface area contributed by atoms with Crippen molar-refractivity contribution in [1.82, 2.24) is 25.2 Å². The quantitative estimate of drug-likeness (QED) is 0.222. The smallest absolute Gasteiger partial charge is 0.319 e. The summed E-state index contributed by atoms with van der Waals surface area (Å²) in [6.07, 6.45) is 12.3. The van der Waals surface area contributed by atoms with E-state index in [0.717, 1.165) is 51.7 Å². The van der Waals surface area contributed by atoms with E-state index in [1.807, 2.05) is 6.07 Å². The van der Waals surface area contributed by atoms with Gasteiger partial charge in [-0.2, -0.15) is 9.97 Å². The van der Waals surface area contributed by atoms with E-state index >= 15 is 4.39 Å². The van der Waals surface area contributed by atoms with Crippen molar-refractivity contribution in [3.8, 4) is 29.6 Å². The van der Waals surface area contributed by atoms with Crippen molar-refractivity contribution in [3.05, 3.63) is 65.9 Å². The van der Waals surface area contributed by atoms with E-state index in [2.05, 4.69) is 37.6 Å². The normalized spacial score (nSPS) is 25.8. The molecular formula is C36H36F2N6O2. The molecule has 4 atom stereocenters. The molecule has 0 amide bonds. The van der Waals surface area contributed by atoms with Gasteiger partial charge in [-0.15, -0.1) is 6.42 Å². The average Bonchev–Trinajstić information content (AvgIpc) is 3.69. The van der Waals surface area contributed by atoms with Crippen molar-refractivity contribution in [1.29, 1.82) is 0 Å². The zero-order chi connectivity index (χ0) is 31.6. The highest BCUT2D eigenvalue weighted by molar-refractivity contribution is 6.02. The Labute approximate surface area is 266 Å². The third-order valence-corrected chi connectivity index (χ3v) is 10.3. The minimum atomic E-state index is -0.626. The van der Waals surface area contributed by atoms with Gasteiger partial charge in [-0.3, -0.25) is 9.88 Å². The molecule has 0 radical (unpaired) electrons. The highest BCUT2D eigenvalue weighted by atomic mass is 19.1. The van der Waals surface area contributed by atoms with Gasteiger partial charge >= 0.3 is 6.01 Å². The molecule has 0 saturated carbocycles. The van der Waals surface area contributed by atoms with Crippen molar-refractivity contribution in [2.24, 2.45) is 0 Å². The predicted molar refractivity (Wildman–Crippen MR) is 174 cm³/mol. The lowest BCUT2D eigenvalue weighted by molar-refractivity contribution is 0.0522. The number of nitrogens with zero attached hydrogens (tertiary/aromatic N) is 5. The third kappa shape index (κ3) is 4.72. The van der Waals surface area contributed by atoms with Crippen LogP contribution in [0.3, 0.4) is 0 Å². The van der Waals surface area contributed by atoms with Gasteiger partial charge in [-0.25, -0.2) is 8.78 Å². The Hall–Kier alpha value is -4.17. The van der Waals surface area contributed by atoms with Crippen LogP contribution in [0.1, 0.15) is 37.7 Å². The summed E-state index contributed by atoms with van der Waals surface area (Å²) < 4.78 is 43.6. The van der Waals surface area contributed by atoms with E-state index in [1.54, 1.807) is 31.5 Å². The van der Waals surface area contributed by atoms with E-state index in [9.17, 15) is 4.39 Å². The second-order valence-corrected chi connectivity index (χ2v) is 13.2. The summed E-state index contributed by atoms with van der Waals surface area (Å²) in [4.78, 5) is 18.8.